The van der Waals surface area contributed by atoms with E-state index < -0.39 is 12.6 Å². The summed E-state index contributed by atoms with van der Waals surface area (Å²) in [5, 5.41) is 4.10. The predicted octanol–water partition coefficient (Wildman–Crippen LogP) is 1.33. The second-order valence-electron chi connectivity index (χ2n) is 6.99. The van der Waals surface area contributed by atoms with E-state index in [0.29, 0.717) is 37.0 Å². The highest BCUT2D eigenvalue weighted by Crippen LogP contribution is 2.31. The van der Waals surface area contributed by atoms with E-state index >= 15 is 0 Å². The molecule has 156 valence electrons. The van der Waals surface area contributed by atoms with Crippen molar-refractivity contribution < 1.29 is 23.8 Å². The fourth-order valence-corrected chi connectivity index (χ4v) is 3.10. The summed E-state index contributed by atoms with van der Waals surface area (Å²) >= 11 is 0. The first-order chi connectivity index (χ1) is 14.4. The number of aromatic nitrogens is 4. The zero-order valence-electron chi connectivity index (χ0n) is 16.9. The van der Waals surface area contributed by atoms with Gasteiger partial charge in [-0.05, 0) is 37.6 Å². The van der Waals surface area contributed by atoms with Crippen LogP contribution in [-0.2, 0) is 16.1 Å². The van der Waals surface area contributed by atoms with Gasteiger partial charge in [0.25, 0.3) is 17.5 Å². The van der Waals surface area contributed by atoms with Crippen LogP contribution in [0.4, 0.5) is 0 Å². The van der Waals surface area contributed by atoms with Crippen LogP contribution in [0.5, 0.6) is 11.5 Å². The minimum atomic E-state index is -0.779. The Morgan fingerprint density at radius 2 is 1.90 bits per heavy atom. The molecule has 0 bridgehead atoms. The molecule has 0 saturated carbocycles. The standard InChI is InChI=1S/C20H21N5O5/c1-12-8-13(2)25-20(21-12)22-18(23-25)19(27)30-11-17(26)24(3)10-14-4-5-15-16(9-14)29-7-6-28-15/h4-5,8-9H,6-7,10-11H2,1-3H3. The minimum Gasteiger partial charge on any atom is -0.486 e. The van der Waals surface area contributed by atoms with E-state index in [4.69, 9.17) is 14.2 Å². The highest BCUT2D eigenvalue weighted by Gasteiger charge is 2.20. The van der Waals surface area contributed by atoms with Crippen molar-refractivity contribution in [2.24, 2.45) is 0 Å². The SMILES string of the molecule is Cc1cc(C)n2nc(C(=O)OCC(=O)N(C)Cc3ccc4c(c3)OCCO4)nc2n1. The van der Waals surface area contributed by atoms with Crippen LogP contribution in [0.25, 0.3) is 5.78 Å². The van der Waals surface area contributed by atoms with Gasteiger partial charge in [0.15, 0.2) is 18.1 Å². The Labute approximate surface area is 172 Å². The maximum atomic E-state index is 12.4. The average molecular weight is 411 g/mol. The van der Waals surface area contributed by atoms with Gasteiger partial charge in [0.2, 0.25) is 0 Å². The van der Waals surface area contributed by atoms with E-state index in [1.807, 2.05) is 38.1 Å². The molecule has 4 rings (SSSR count). The number of esters is 1. The number of amides is 1. The molecule has 0 unspecified atom stereocenters. The lowest BCUT2D eigenvalue weighted by atomic mass is 10.2. The molecule has 10 heteroatoms. The maximum Gasteiger partial charge on any atom is 0.378 e. The number of carbonyl (C=O) groups excluding carboxylic acids is 2. The molecule has 1 aromatic carbocycles. The summed E-state index contributed by atoms with van der Waals surface area (Å²) in [6.45, 7) is 4.60. The molecule has 1 aliphatic heterocycles. The maximum absolute atomic E-state index is 12.4. The van der Waals surface area contributed by atoms with Crippen LogP contribution in [-0.4, -0.2) is 63.2 Å². The average Bonchev–Trinajstić information content (AvgIpc) is 3.16. The molecule has 0 N–H and O–H groups in total. The van der Waals surface area contributed by atoms with Crippen molar-refractivity contribution in [1.82, 2.24) is 24.5 Å². The first-order valence-electron chi connectivity index (χ1n) is 9.41. The number of hydrogen-bond donors (Lipinski definition) is 0. The normalized spacial score (nSPS) is 12.6. The molecular weight excluding hydrogens is 390 g/mol. The van der Waals surface area contributed by atoms with E-state index in [-0.39, 0.29) is 11.7 Å². The highest BCUT2D eigenvalue weighted by atomic mass is 16.6. The van der Waals surface area contributed by atoms with Gasteiger partial charge in [-0.1, -0.05) is 6.07 Å². The van der Waals surface area contributed by atoms with Crippen molar-refractivity contribution in [2.45, 2.75) is 20.4 Å². The zero-order chi connectivity index (χ0) is 21.3. The van der Waals surface area contributed by atoms with Gasteiger partial charge < -0.3 is 19.1 Å². The number of ether oxygens (including phenoxy) is 3. The summed E-state index contributed by atoms with van der Waals surface area (Å²) in [5.74, 6) is 0.377. The summed E-state index contributed by atoms with van der Waals surface area (Å²) in [6, 6.07) is 7.34. The Morgan fingerprint density at radius 1 is 1.13 bits per heavy atom. The largest absolute Gasteiger partial charge is 0.486 e. The van der Waals surface area contributed by atoms with Crippen LogP contribution in [0.3, 0.4) is 0 Å². The number of fused-ring (bicyclic) bond motifs is 2. The van der Waals surface area contributed by atoms with Crippen molar-refractivity contribution in [3.8, 4) is 11.5 Å². The number of aryl methyl sites for hydroxylation is 2. The summed E-state index contributed by atoms with van der Waals surface area (Å²) in [5.41, 5.74) is 2.43. The fourth-order valence-electron chi connectivity index (χ4n) is 3.10. The lowest BCUT2D eigenvalue weighted by Gasteiger charge is -2.21. The quantitative estimate of drug-likeness (QED) is 0.579. The second-order valence-corrected chi connectivity index (χ2v) is 6.99. The molecule has 3 heterocycles. The molecule has 30 heavy (non-hydrogen) atoms. The van der Waals surface area contributed by atoms with Gasteiger partial charge in [-0.2, -0.15) is 4.98 Å². The number of likely N-dealkylation sites (N-methyl/N-ethyl adjacent to an activating group) is 1. The van der Waals surface area contributed by atoms with E-state index in [1.165, 1.54) is 9.42 Å². The van der Waals surface area contributed by atoms with Gasteiger partial charge >= 0.3 is 5.97 Å². The summed E-state index contributed by atoms with van der Waals surface area (Å²) in [7, 11) is 1.63. The molecule has 0 fully saturated rings. The first kappa shape index (κ1) is 19.6. The minimum absolute atomic E-state index is 0.140. The monoisotopic (exact) mass is 411 g/mol. The van der Waals surface area contributed by atoms with Crippen LogP contribution in [0.2, 0.25) is 0 Å². The molecule has 2 aromatic heterocycles. The lowest BCUT2D eigenvalue weighted by Crippen LogP contribution is -2.31. The molecule has 0 atom stereocenters. The van der Waals surface area contributed by atoms with E-state index in [2.05, 4.69) is 15.1 Å². The van der Waals surface area contributed by atoms with Gasteiger partial charge in [0, 0.05) is 25.0 Å². The van der Waals surface area contributed by atoms with Gasteiger partial charge in [0.1, 0.15) is 13.2 Å². The molecule has 10 nitrogen and oxygen atoms in total. The van der Waals surface area contributed by atoms with Crippen molar-refractivity contribution in [1.29, 1.82) is 0 Å². The lowest BCUT2D eigenvalue weighted by molar-refractivity contribution is -0.133. The third kappa shape index (κ3) is 4.02. The van der Waals surface area contributed by atoms with Crippen molar-refractivity contribution >= 4 is 17.7 Å². The Morgan fingerprint density at radius 3 is 2.70 bits per heavy atom. The molecular formula is C20H21N5O5. The zero-order valence-corrected chi connectivity index (χ0v) is 16.9. The number of hydrogen-bond acceptors (Lipinski definition) is 8. The Bertz CT molecular complexity index is 1130. The van der Waals surface area contributed by atoms with Crippen LogP contribution >= 0.6 is 0 Å². The topological polar surface area (TPSA) is 108 Å². The van der Waals surface area contributed by atoms with Gasteiger partial charge in [0.05, 0.1) is 0 Å². The fraction of sp³-hybridized carbons (Fsp3) is 0.350. The van der Waals surface area contributed by atoms with E-state index in [1.54, 1.807) is 7.05 Å². The van der Waals surface area contributed by atoms with Crippen LogP contribution in [0.1, 0.15) is 27.6 Å². The van der Waals surface area contributed by atoms with Crippen LogP contribution in [0.15, 0.2) is 24.3 Å². The molecule has 0 saturated heterocycles. The van der Waals surface area contributed by atoms with Crippen LogP contribution < -0.4 is 9.47 Å². The summed E-state index contributed by atoms with van der Waals surface area (Å²) in [4.78, 5) is 34.4. The number of nitrogens with zero attached hydrogens (tertiary/aromatic N) is 5. The predicted molar refractivity (Wildman–Crippen MR) is 104 cm³/mol. The van der Waals surface area contributed by atoms with Gasteiger partial charge in [-0.25, -0.2) is 14.3 Å². The number of benzene rings is 1. The highest BCUT2D eigenvalue weighted by molar-refractivity contribution is 5.88. The number of rotatable bonds is 5. The van der Waals surface area contributed by atoms with Crippen molar-refractivity contribution in [2.75, 3.05) is 26.9 Å². The van der Waals surface area contributed by atoms with Crippen molar-refractivity contribution in [3.63, 3.8) is 0 Å². The second kappa shape index (κ2) is 7.97. The van der Waals surface area contributed by atoms with Gasteiger partial charge in [-0.15, -0.1) is 5.10 Å². The Kier molecular flexibility index (Phi) is 5.21. The summed E-state index contributed by atoms with van der Waals surface area (Å²) in [6.07, 6.45) is 0. The van der Waals surface area contributed by atoms with E-state index in [9.17, 15) is 9.59 Å². The first-order valence-corrected chi connectivity index (χ1v) is 9.41. The third-order valence-corrected chi connectivity index (χ3v) is 4.58. The van der Waals surface area contributed by atoms with Crippen LogP contribution in [0, 0.1) is 13.8 Å². The molecule has 1 amide bonds. The smallest absolute Gasteiger partial charge is 0.378 e. The molecule has 0 radical (unpaired) electrons. The molecule has 1 aliphatic rings. The van der Waals surface area contributed by atoms with E-state index in [0.717, 1.165) is 17.0 Å². The Balaban J connectivity index is 1.36. The Hall–Kier alpha value is -3.69. The molecule has 3 aromatic rings. The molecule has 0 spiro atoms. The third-order valence-electron chi connectivity index (χ3n) is 4.58. The van der Waals surface area contributed by atoms with Gasteiger partial charge in [-0.3, -0.25) is 4.79 Å². The van der Waals surface area contributed by atoms with Crippen molar-refractivity contribution in [3.05, 3.63) is 47.0 Å². The number of carbonyl (C=O) groups is 2. The summed E-state index contributed by atoms with van der Waals surface area (Å²) < 4.78 is 17.6. The molecule has 0 aliphatic carbocycles.